The molecule has 0 aliphatic carbocycles. The van der Waals surface area contributed by atoms with Crippen molar-refractivity contribution in [3.8, 4) is 0 Å². The first-order chi connectivity index (χ1) is 10.1. The Morgan fingerprint density at radius 2 is 2.24 bits per heavy atom. The summed E-state index contributed by atoms with van der Waals surface area (Å²) in [6.45, 7) is 8.42. The number of benzene rings is 1. The molecule has 2 heterocycles. The standard InChI is InChI=1S/C17H23N3S/c1-11(17-12(2)20-13(3)21-17)19-10-14-6-4-8-16-15(14)7-5-9-18-16/h4,6,8,11,18-19H,5,7,9-10H2,1-3H3. The normalized spacial score (nSPS) is 15.4. The highest BCUT2D eigenvalue weighted by atomic mass is 32.1. The van der Waals surface area contributed by atoms with Crippen LogP contribution in [0.3, 0.4) is 0 Å². The van der Waals surface area contributed by atoms with E-state index in [0.717, 1.165) is 23.8 Å². The lowest BCUT2D eigenvalue weighted by Gasteiger charge is -2.22. The van der Waals surface area contributed by atoms with Gasteiger partial charge < -0.3 is 10.6 Å². The van der Waals surface area contributed by atoms with E-state index in [1.54, 1.807) is 11.3 Å². The van der Waals surface area contributed by atoms with Gasteiger partial charge in [0.25, 0.3) is 0 Å². The van der Waals surface area contributed by atoms with Crippen LogP contribution in [-0.2, 0) is 13.0 Å². The van der Waals surface area contributed by atoms with Crippen molar-refractivity contribution in [1.29, 1.82) is 0 Å². The van der Waals surface area contributed by atoms with Crippen LogP contribution in [-0.4, -0.2) is 11.5 Å². The fourth-order valence-corrected chi connectivity index (χ4v) is 4.01. The molecule has 0 spiro atoms. The van der Waals surface area contributed by atoms with Gasteiger partial charge in [0.05, 0.1) is 10.7 Å². The molecule has 1 aliphatic heterocycles. The van der Waals surface area contributed by atoms with Crippen LogP contribution in [0.5, 0.6) is 0 Å². The number of anilines is 1. The van der Waals surface area contributed by atoms with Crippen molar-refractivity contribution in [2.75, 3.05) is 11.9 Å². The maximum atomic E-state index is 4.53. The second kappa shape index (κ2) is 6.16. The summed E-state index contributed by atoms with van der Waals surface area (Å²) in [5, 5.41) is 8.31. The van der Waals surface area contributed by atoms with E-state index < -0.39 is 0 Å². The highest BCUT2D eigenvalue weighted by Crippen LogP contribution is 2.27. The second-order valence-corrected chi connectivity index (χ2v) is 6.99. The molecule has 0 saturated carbocycles. The van der Waals surface area contributed by atoms with Gasteiger partial charge in [-0.25, -0.2) is 4.98 Å². The number of fused-ring (bicyclic) bond motifs is 1. The molecular weight excluding hydrogens is 278 g/mol. The molecule has 0 radical (unpaired) electrons. The van der Waals surface area contributed by atoms with Crippen LogP contribution >= 0.6 is 11.3 Å². The first-order valence-corrected chi connectivity index (χ1v) is 8.48. The Morgan fingerprint density at radius 1 is 1.38 bits per heavy atom. The van der Waals surface area contributed by atoms with Gasteiger partial charge >= 0.3 is 0 Å². The Kier molecular flexibility index (Phi) is 4.27. The minimum atomic E-state index is 0.351. The smallest absolute Gasteiger partial charge is 0.0900 e. The monoisotopic (exact) mass is 301 g/mol. The maximum absolute atomic E-state index is 4.53. The van der Waals surface area contributed by atoms with Crippen molar-refractivity contribution < 1.29 is 0 Å². The van der Waals surface area contributed by atoms with Crippen LogP contribution in [0.4, 0.5) is 5.69 Å². The molecule has 1 aliphatic rings. The molecule has 0 amide bonds. The molecule has 21 heavy (non-hydrogen) atoms. The molecule has 0 fully saturated rings. The van der Waals surface area contributed by atoms with E-state index in [1.165, 1.54) is 34.5 Å². The summed E-state index contributed by atoms with van der Waals surface area (Å²) in [7, 11) is 0. The Bertz CT molecular complexity index is 633. The maximum Gasteiger partial charge on any atom is 0.0900 e. The van der Waals surface area contributed by atoms with Crippen LogP contribution in [0.15, 0.2) is 18.2 Å². The number of hydrogen-bond acceptors (Lipinski definition) is 4. The van der Waals surface area contributed by atoms with Crippen molar-refractivity contribution >= 4 is 17.0 Å². The molecule has 1 aromatic carbocycles. The average molecular weight is 301 g/mol. The van der Waals surface area contributed by atoms with Gasteiger partial charge in [0.1, 0.15) is 0 Å². The largest absolute Gasteiger partial charge is 0.385 e. The van der Waals surface area contributed by atoms with E-state index in [4.69, 9.17) is 0 Å². The molecule has 1 aromatic heterocycles. The predicted octanol–water partition coefficient (Wildman–Crippen LogP) is 3.97. The van der Waals surface area contributed by atoms with E-state index in [9.17, 15) is 0 Å². The fraction of sp³-hybridized carbons (Fsp3) is 0.471. The lowest BCUT2D eigenvalue weighted by molar-refractivity contribution is 0.576. The molecule has 3 rings (SSSR count). The van der Waals surface area contributed by atoms with Crippen LogP contribution in [0.2, 0.25) is 0 Å². The van der Waals surface area contributed by atoms with Crippen LogP contribution in [0.1, 0.15) is 46.1 Å². The van der Waals surface area contributed by atoms with Crippen molar-refractivity contribution in [1.82, 2.24) is 10.3 Å². The first-order valence-electron chi connectivity index (χ1n) is 7.67. The van der Waals surface area contributed by atoms with Crippen LogP contribution < -0.4 is 10.6 Å². The molecular formula is C17H23N3S. The first kappa shape index (κ1) is 14.5. The van der Waals surface area contributed by atoms with E-state index >= 15 is 0 Å². The number of aryl methyl sites for hydroxylation is 2. The summed E-state index contributed by atoms with van der Waals surface area (Å²) in [5.74, 6) is 0. The predicted molar refractivity (Wildman–Crippen MR) is 90.1 cm³/mol. The Hall–Kier alpha value is -1.39. The third kappa shape index (κ3) is 3.11. The number of thiazole rings is 1. The van der Waals surface area contributed by atoms with Crippen LogP contribution in [0.25, 0.3) is 0 Å². The summed E-state index contributed by atoms with van der Waals surface area (Å²) in [5.41, 5.74) is 5.39. The molecule has 1 atom stereocenters. The third-order valence-electron chi connectivity index (χ3n) is 4.12. The van der Waals surface area contributed by atoms with Crippen molar-refractivity contribution in [2.24, 2.45) is 0 Å². The topological polar surface area (TPSA) is 37.0 Å². The quantitative estimate of drug-likeness (QED) is 0.897. The third-order valence-corrected chi connectivity index (χ3v) is 5.38. The summed E-state index contributed by atoms with van der Waals surface area (Å²) in [6, 6.07) is 6.94. The molecule has 1 unspecified atom stereocenters. The molecule has 2 N–H and O–H groups in total. The molecule has 4 heteroatoms. The van der Waals surface area contributed by atoms with E-state index in [2.05, 4.69) is 54.6 Å². The van der Waals surface area contributed by atoms with Gasteiger partial charge in [-0.2, -0.15) is 0 Å². The fourth-order valence-electron chi connectivity index (χ4n) is 3.05. The van der Waals surface area contributed by atoms with Gasteiger partial charge in [0, 0.05) is 29.7 Å². The molecule has 3 nitrogen and oxygen atoms in total. The van der Waals surface area contributed by atoms with Gasteiger partial charge in [0.15, 0.2) is 0 Å². The minimum absolute atomic E-state index is 0.351. The van der Waals surface area contributed by atoms with E-state index in [1.807, 2.05) is 0 Å². The highest BCUT2D eigenvalue weighted by molar-refractivity contribution is 7.11. The van der Waals surface area contributed by atoms with Gasteiger partial charge in [-0.05, 0) is 50.8 Å². The Morgan fingerprint density at radius 3 is 3.00 bits per heavy atom. The number of aromatic nitrogens is 1. The Labute approximate surface area is 130 Å². The van der Waals surface area contributed by atoms with Gasteiger partial charge in [-0.3, -0.25) is 0 Å². The van der Waals surface area contributed by atoms with E-state index in [0.29, 0.717) is 6.04 Å². The zero-order valence-electron chi connectivity index (χ0n) is 13.0. The molecule has 0 saturated heterocycles. The zero-order chi connectivity index (χ0) is 14.8. The van der Waals surface area contributed by atoms with E-state index in [-0.39, 0.29) is 0 Å². The highest BCUT2D eigenvalue weighted by Gasteiger charge is 2.15. The molecule has 2 aromatic rings. The minimum Gasteiger partial charge on any atom is -0.385 e. The van der Waals surface area contributed by atoms with Crippen LogP contribution in [0, 0.1) is 13.8 Å². The zero-order valence-corrected chi connectivity index (χ0v) is 13.8. The van der Waals surface area contributed by atoms with Crippen molar-refractivity contribution in [2.45, 2.75) is 46.2 Å². The van der Waals surface area contributed by atoms with Gasteiger partial charge in [-0.15, -0.1) is 11.3 Å². The second-order valence-electron chi connectivity index (χ2n) is 5.76. The lowest BCUT2D eigenvalue weighted by atomic mass is 9.97. The number of nitrogens with one attached hydrogen (secondary N) is 2. The summed E-state index contributed by atoms with van der Waals surface area (Å²) in [4.78, 5) is 5.88. The van der Waals surface area contributed by atoms with Crippen molar-refractivity contribution in [3.05, 3.63) is 44.9 Å². The van der Waals surface area contributed by atoms with Gasteiger partial charge in [0.2, 0.25) is 0 Å². The summed E-state index contributed by atoms with van der Waals surface area (Å²) >= 11 is 1.80. The Balaban J connectivity index is 1.72. The molecule has 112 valence electrons. The average Bonchev–Trinajstić information content (AvgIpc) is 2.83. The summed E-state index contributed by atoms with van der Waals surface area (Å²) in [6.07, 6.45) is 2.42. The van der Waals surface area contributed by atoms with Crippen molar-refractivity contribution in [3.63, 3.8) is 0 Å². The summed E-state index contributed by atoms with van der Waals surface area (Å²) < 4.78 is 0. The SMILES string of the molecule is Cc1nc(C)c(C(C)NCc2cccc3c2CCCN3)s1. The van der Waals surface area contributed by atoms with Gasteiger partial charge in [-0.1, -0.05) is 12.1 Å². The number of hydrogen-bond donors (Lipinski definition) is 2. The number of rotatable bonds is 4. The number of nitrogens with zero attached hydrogens (tertiary/aromatic N) is 1. The lowest BCUT2D eigenvalue weighted by Crippen LogP contribution is -2.20. The molecule has 0 bridgehead atoms.